The van der Waals surface area contributed by atoms with E-state index in [0.717, 1.165) is 47.2 Å². The Morgan fingerprint density at radius 1 is 1.00 bits per heavy atom. The molecular formula is C24H23N3OS. The van der Waals surface area contributed by atoms with Crippen LogP contribution in [0.25, 0.3) is 10.2 Å². The standard InChI is InChI=1S/C24H23N3OS/c1-2-28-18-13-11-17(12-14-18)25-23-22-19-9-6-10-20(19)29-24(22)27-21(26-23)15-16-7-4-3-5-8-16/h3-5,7-8,11-14H,2,6,9-10,15H2,1H3,(H,25,26,27). The average molecular weight is 402 g/mol. The van der Waals surface area contributed by atoms with E-state index in [1.165, 1.54) is 27.8 Å². The highest BCUT2D eigenvalue weighted by Crippen LogP contribution is 2.40. The molecular weight excluding hydrogens is 378 g/mol. The van der Waals surface area contributed by atoms with E-state index in [-0.39, 0.29) is 0 Å². The molecule has 1 aliphatic rings. The number of nitrogens with zero attached hydrogens (tertiary/aromatic N) is 2. The largest absolute Gasteiger partial charge is 0.494 e. The first-order valence-electron chi connectivity index (χ1n) is 10.1. The Bertz CT molecular complexity index is 1140. The van der Waals surface area contributed by atoms with Crippen LogP contribution < -0.4 is 10.1 Å². The molecule has 2 heterocycles. The fourth-order valence-electron chi connectivity index (χ4n) is 3.93. The Balaban J connectivity index is 1.54. The molecule has 1 N–H and O–H groups in total. The van der Waals surface area contributed by atoms with Crippen molar-refractivity contribution < 1.29 is 4.74 Å². The van der Waals surface area contributed by atoms with Crippen LogP contribution in [0.4, 0.5) is 11.5 Å². The molecule has 5 rings (SSSR count). The minimum Gasteiger partial charge on any atom is -0.494 e. The average Bonchev–Trinajstić information content (AvgIpc) is 3.31. The maximum atomic E-state index is 5.56. The second-order valence-corrected chi connectivity index (χ2v) is 8.35. The molecule has 4 aromatic rings. The molecule has 0 radical (unpaired) electrons. The van der Waals surface area contributed by atoms with Crippen molar-refractivity contribution in [3.05, 3.63) is 76.4 Å². The molecule has 29 heavy (non-hydrogen) atoms. The third-order valence-corrected chi connectivity index (χ3v) is 6.43. The van der Waals surface area contributed by atoms with E-state index in [1.807, 2.05) is 48.6 Å². The van der Waals surface area contributed by atoms with E-state index >= 15 is 0 Å². The normalized spacial score (nSPS) is 12.9. The summed E-state index contributed by atoms with van der Waals surface area (Å²) in [6, 6.07) is 18.5. The molecule has 0 atom stereocenters. The summed E-state index contributed by atoms with van der Waals surface area (Å²) in [5, 5.41) is 4.76. The summed E-state index contributed by atoms with van der Waals surface area (Å²) in [7, 11) is 0. The zero-order valence-corrected chi connectivity index (χ0v) is 17.3. The third-order valence-electron chi connectivity index (χ3n) is 5.24. The van der Waals surface area contributed by atoms with Gasteiger partial charge in [0.15, 0.2) is 0 Å². The van der Waals surface area contributed by atoms with Crippen molar-refractivity contribution in [2.75, 3.05) is 11.9 Å². The van der Waals surface area contributed by atoms with Gasteiger partial charge in [-0.2, -0.15) is 0 Å². The summed E-state index contributed by atoms with van der Waals surface area (Å²) in [6.45, 7) is 2.67. The van der Waals surface area contributed by atoms with Gasteiger partial charge < -0.3 is 10.1 Å². The predicted octanol–water partition coefficient (Wildman–Crippen LogP) is 5.91. The molecule has 0 spiro atoms. The third kappa shape index (κ3) is 3.70. The monoisotopic (exact) mass is 401 g/mol. The van der Waals surface area contributed by atoms with Gasteiger partial charge >= 0.3 is 0 Å². The highest BCUT2D eigenvalue weighted by molar-refractivity contribution is 7.19. The van der Waals surface area contributed by atoms with Crippen molar-refractivity contribution in [1.29, 1.82) is 0 Å². The van der Waals surface area contributed by atoms with Gasteiger partial charge in [0.2, 0.25) is 0 Å². The summed E-state index contributed by atoms with van der Waals surface area (Å²) in [5.74, 6) is 2.66. The zero-order valence-electron chi connectivity index (χ0n) is 16.4. The molecule has 146 valence electrons. The van der Waals surface area contributed by atoms with Gasteiger partial charge in [-0.1, -0.05) is 30.3 Å². The van der Waals surface area contributed by atoms with Gasteiger partial charge in [0.1, 0.15) is 22.2 Å². The predicted molar refractivity (Wildman–Crippen MR) is 120 cm³/mol. The van der Waals surface area contributed by atoms with E-state index in [2.05, 4.69) is 29.6 Å². The highest BCUT2D eigenvalue weighted by atomic mass is 32.1. The van der Waals surface area contributed by atoms with Crippen LogP contribution in [0.3, 0.4) is 0 Å². The van der Waals surface area contributed by atoms with Crippen molar-refractivity contribution in [2.24, 2.45) is 0 Å². The second-order valence-electron chi connectivity index (χ2n) is 7.27. The highest BCUT2D eigenvalue weighted by Gasteiger charge is 2.22. The van der Waals surface area contributed by atoms with Gasteiger partial charge in [-0.05, 0) is 61.6 Å². The first-order chi connectivity index (χ1) is 14.3. The molecule has 2 aromatic heterocycles. The molecule has 0 unspecified atom stereocenters. The maximum absolute atomic E-state index is 5.56. The number of aryl methyl sites for hydroxylation is 2. The molecule has 0 saturated carbocycles. The second kappa shape index (κ2) is 7.84. The molecule has 0 aliphatic heterocycles. The summed E-state index contributed by atoms with van der Waals surface area (Å²) >= 11 is 1.83. The maximum Gasteiger partial charge on any atom is 0.143 e. The van der Waals surface area contributed by atoms with Gasteiger partial charge in [-0.3, -0.25) is 0 Å². The first-order valence-corrected chi connectivity index (χ1v) is 11.0. The summed E-state index contributed by atoms with van der Waals surface area (Å²) in [4.78, 5) is 12.4. The number of nitrogens with one attached hydrogen (secondary N) is 1. The van der Waals surface area contributed by atoms with Gasteiger partial charge in [-0.25, -0.2) is 9.97 Å². The SMILES string of the molecule is CCOc1ccc(Nc2nc(Cc3ccccc3)nc3sc4c(c23)CCC4)cc1. The molecule has 4 nitrogen and oxygen atoms in total. The van der Waals surface area contributed by atoms with Crippen molar-refractivity contribution in [2.45, 2.75) is 32.6 Å². The molecule has 0 fully saturated rings. The van der Waals surface area contributed by atoms with Crippen molar-refractivity contribution in [3.63, 3.8) is 0 Å². The van der Waals surface area contributed by atoms with Gasteiger partial charge in [-0.15, -0.1) is 11.3 Å². The van der Waals surface area contributed by atoms with E-state index in [0.29, 0.717) is 6.61 Å². The van der Waals surface area contributed by atoms with E-state index in [9.17, 15) is 0 Å². The van der Waals surface area contributed by atoms with Crippen LogP contribution in [0.2, 0.25) is 0 Å². The molecule has 0 bridgehead atoms. The lowest BCUT2D eigenvalue weighted by atomic mass is 10.1. The van der Waals surface area contributed by atoms with Crippen molar-refractivity contribution in [1.82, 2.24) is 9.97 Å². The summed E-state index contributed by atoms with van der Waals surface area (Å²) in [6.07, 6.45) is 4.24. The van der Waals surface area contributed by atoms with Crippen LogP contribution >= 0.6 is 11.3 Å². The van der Waals surface area contributed by atoms with Crippen molar-refractivity contribution in [3.8, 4) is 5.75 Å². The number of hydrogen-bond donors (Lipinski definition) is 1. The Labute approximate surface area is 174 Å². The number of aromatic nitrogens is 2. The van der Waals surface area contributed by atoms with E-state index in [4.69, 9.17) is 14.7 Å². The summed E-state index contributed by atoms with van der Waals surface area (Å²) in [5.41, 5.74) is 3.67. The number of ether oxygens (including phenoxy) is 1. The number of rotatable bonds is 6. The Morgan fingerprint density at radius 2 is 1.83 bits per heavy atom. The fourth-order valence-corrected chi connectivity index (χ4v) is 5.21. The number of fused-ring (bicyclic) bond motifs is 3. The quantitative estimate of drug-likeness (QED) is 0.436. The number of anilines is 2. The van der Waals surface area contributed by atoms with Crippen LogP contribution in [0.1, 0.15) is 35.2 Å². The van der Waals surface area contributed by atoms with Crippen LogP contribution in [-0.2, 0) is 19.3 Å². The van der Waals surface area contributed by atoms with Gasteiger partial charge in [0, 0.05) is 17.0 Å². The lowest BCUT2D eigenvalue weighted by molar-refractivity contribution is 0.340. The molecule has 1 aliphatic carbocycles. The Kier molecular flexibility index (Phi) is 4.90. The topological polar surface area (TPSA) is 47.0 Å². The Hall–Kier alpha value is -2.92. The fraction of sp³-hybridized carbons (Fsp3) is 0.250. The van der Waals surface area contributed by atoms with Gasteiger partial charge in [0.05, 0.1) is 12.0 Å². The van der Waals surface area contributed by atoms with Crippen molar-refractivity contribution >= 4 is 33.1 Å². The van der Waals surface area contributed by atoms with Gasteiger partial charge in [0.25, 0.3) is 0 Å². The summed E-state index contributed by atoms with van der Waals surface area (Å²) < 4.78 is 5.56. The Morgan fingerprint density at radius 3 is 2.62 bits per heavy atom. The minimum absolute atomic E-state index is 0.670. The lowest BCUT2D eigenvalue weighted by Crippen LogP contribution is -2.02. The zero-order chi connectivity index (χ0) is 19.6. The van der Waals surface area contributed by atoms with Crippen LogP contribution in [0, 0.1) is 0 Å². The number of benzene rings is 2. The molecule has 5 heteroatoms. The molecule has 0 saturated heterocycles. The lowest BCUT2D eigenvalue weighted by Gasteiger charge is -2.11. The minimum atomic E-state index is 0.670. The van der Waals surface area contributed by atoms with Crippen LogP contribution in [0.15, 0.2) is 54.6 Å². The number of hydrogen-bond acceptors (Lipinski definition) is 5. The van der Waals surface area contributed by atoms with Crippen LogP contribution in [0.5, 0.6) is 5.75 Å². The van der Waals surface area contributed by atoms with Crippen LogP contribution in [-0.4, -0.2) is 16.6 Å². The molecule has 0 amide bonds. The van der Waals surface area contributed by atoms with E-state index < -0.39 is 0 Å². The first kappa shape index (κ1) is 18.1. The smallest absolute Gasteiger partial charge is 0.143 e. The van der Waals surface area contributed by atoms with E-state index in [1.54, 1.807) is 0 Å². The molecule has 2 aromatic carbocycles. The number of thiophene rings is 1.